The third kappa shape index (κ3) is 3.40. The maximum atomic E-state index is 12.5. The smallest absolute Gasteiger partial charge is 0.493 e. The number of pyridine rings is 1. The number of ether oxygens (including phenoxy) is 1. The number of para-hydroxylation sites is 2. The maximum Gasteiger partial charge on any atom is 0.493 e. The normalized spacial score (nSPS) is 11.6. The van der Waals surface area contributed by atoms with Crippen LogP contribution in [-0.2, 0) is 4.79 Å². The highest BCUT2D eigenvalue weighted by atomic mass is 19.4. The first-order valence-corrected chi connectivity index (χ1v) is 8.32. The molecule has 0 fully saturated rings. The van der Waals surface area contributed by atoms with E-state index in [0.717, 1.165) is 5.69 Å². The van der Waals surface area contributed by atoms with E-state index >= 15 is 0 Å². The van der Waals surface area contributed by atoms with E-state index in [1.165, 1.54) is 18.5 Å². The van der Waals surface area contributed by atoms with Gasteiger partial charge in [-0.15, -0.1) is 0 Å². The fraction of sp³-hybridized carbons (Fsp3) is 0.105. The number of hydrogen-bond donors (Lipinski definition) is 0. The van der Waals surface area contributed by atoms with E-state index in [-0.39, 0.29) is 5.65 Å². The minimum absolute atomic E-state index is 0.0742. The SMILES string of the molecule is COc1ccccc1-n1cc(-c2ccnc3c2ccn3OC(=O)C(F)(F)F)cn1. The average Bonchev–Trinajstić information content (AvgIpc) is 3.35. The Hall–Kier alpha value is -3.82. The van der Waals surface area contributed by atoms with E-state index in [0.29, 0.717) is 27.0 Å². The van der Waals surface area contributed by atoms with Crippen molar-refractivity contribution >= 4 is 17.0 Å². The van der Waals surface area contributed by atoms with Crippen molar-refractivity contribution in [2.75, 3.05) is 7.11 Å². The summed E-state index contributed by atoms with van der Waals surface area (Å²) >= 11 is 0. The van der Waals surface area contributed by atoms with Gasteiger partial charge in [-0.3, -0.25) is 0 Å². The summed E-state index contributed by atoms with van der Waals surface area (Å²) < 4.78 is 45.1. The van der Waals surface area contributed by atoms with Crippen LogP contribution in [0.1, 0.15) is 0 Å². The predicted octanol–water partition coefficient (Wildman–Crippen LogP) is 3.42. The molecule has 0 radical (unpaired) electrons. The van der Waals surface area contributed by atoms with Crippen LogP contribution in [0.2, 0.25) is 0 Å². The molecule has 0 N–H and O–H groups in total. The molecule has 0 bridgehead atoms. The Morgan fingerprint density at radius 1 is 1.14 bits per heavy atom. The van der Waals surface area contributed by atoms with Crippen LogP contribution in [0.3, 0.4) is 0 Å². The van der Waals surface area contributed by atoms with Gasteiger partial charge in [0, 0.05) is 29.5 Å². The second-order valence-corrected chi connectivity index (χ2v) is 5.96. The van der Waals surface area contributed by atoms with E-state index in [2.05, 4.69) is 14.9 Å². The quantitative estimate of drug-likeness (QED) is 0.523. The standard InChI is InChI=1S/C19H13F3N4O3/c1-28-16-5-3-2-4-15(16)25-11-12(10-24-25)13-6-8-23-17-14(13)7-9-26(17)29-18(27)19(20,21)22/h2-11H,1H3. The van der Waals surface area contributed by atoms with Crippen molar-refractivity contribution in [3.8, 4) is 22.6 Å². The lowest BCUT2D eigenvalue weighted by molar-refractivity contribution is -0.199. The molecule has 0 unspecified atom stereocenters. The Labute approximate surface area is 161 Å². The molecule has 3 heterocycles. The van der Waals surface area contributed by atoms with Gasteiger partial charge in [0.05, 0.1) is 13.3 Å². The van der Waals surface area contributed by atoms with Crippen LogP contribution in [0.25, 0.3) is 27.8 Å². The lowest BCUT2D eigenvalue weighted by Gasteiger charge is -2.08. The van der Waals surface area contributed by atoms with Gasteiger partial charge in [-0.05, 0) is 29.8 Å². The number of fused-ring (bicyclic) bond motifs is 1. The Morgan fingerprint density at radius 2 is 1.93 bits per heavy atom. The molecule has 0 saturated carbocycles. The molecule has 4 aromatic rings. The molecule has 0 spiro atoms. The number of carbonyl (C=O) groups excluding carboxylic acids is 1. The topological polar surface area (TPSA) is 71.2 Å². The van der Waals surface area contributed by atoms with Crippen LogP contribution < -0.4 is 9.57 Å². The van der Waals surface area contributed by atoms with Gasteiger partial charge in [0.2, 0.25) is 0 Å². The minimum atomic E-state index is -5.11. The highest BCUT2D eigenvalue weighted by Crippen LogP contribution is 2.30. The molecular formula is C19H13F3N4O3. The summed E-state index contributed by atoms with van der Waals surface area (Å²) in [5, 5.41) is 4.84. The molecule has 0 aliphatic heterocycles. The molecule has 0 aliphatic rings. The summed E-state index contributed by atoms with van der Waals surface area (Å²) in [6, 6.07) is 10.5. The van der Waals surface area contributed by atoms with Crippen LogP contribution in [0.5, 0.6) is 5.75 Å². The van der Waals surface area contributed by atoms with E-state index < -0.39 is 12.1 Å². The molecule has 4 rings (SSSR count). The molecule has 29 heavy (non-hydrogen) atoms. The van der Waals surface area contributed by atoms with Crippen molar-refractivity contribution in [3.05, 3.63) is 61.2 Å². The summed E-state index contributed by atoms with van der Waals surface area (Å²) in [5.74, 6) is -1.70. The van der Waals surface area contributed by atoms with Crippen molar-refractivity contribution in [3.63, 3.8) is 0 Å². The number of rotatable bonds is 4. The van der Waals surface area contributed by atoms with Crippen LogP contribution >= 0.6 is 0 Å². The number of alkyl halides is 3. The van der Waals surface area contributed by atoms with Crippen LogP contribution in [0.15, 0.2) is 61.2 Å². The van der Waals surface area contributed by atoms with Crippen molar-refractivity contribution in [2.45, 2.75) is 6.18 Å². The number of nitrogens with zero attached hydrogens (tertiary/aromatic N) is 4. The molecular weight excluding hydrogens is 389 g/mol. The number of halogens is 3. The van der Waals surface area contributed by atoms with Gasteiger partial charge in [-0.25, -0.2) is 14.5 Å². The molecule has 148 valence electrons. The van der Waals surface area contributed by atoms with Gasteiger partial charge in [0.1, 0.15) is 11.4 Å². The molecule has 3 aromatic heterocycles. The molecule has 0 aliphatic carbocycles. The minimum Gasteiger partial charge on any atom is -0.494 e. The van der Waals surface area contributed by atoms with E-state index in [9.17, 15) is 18.0 Å². The number of hydrogen-bond acceptors (Lipinski definition) is 5. The Kier molecular flexibility index (Phi) is 4.45. The van der Waals surface area contributed by atoms with E-state index in [1.807, 2.05) is 18.2 Å². The van der Waals surface area contributed by atoms with Crippen LogP contribution in [-0.4, -0.2) is 38.8 Å². The molecule has 0 saturated heterocycles. The van der Waals surface area contributed by atoms with Gasteiger partial charge in [-0.2, -0.15) is 23.0 Å². The van der Waals surface area contributed by atoms with Crippen molar-refractivity contribution < 1.29 is 27.5 Å². The lowest BCUT2D eigenvalue weighted by Crippen LogP contribution is -2.33. The third-order valence-corrected chi connectivity index (χ3v) is 4.19. The van der Waals surface area contributed by atoms with Crippen LogP contribution in [0.4, 0.5) is 13.2 Å². The maximum absolute atomic E-state index is 12.5. The molecule has 7 nitrogen and oxygen atoms in total. The molecule has 0 amide bonds. The number of carbonyl (C=O) groups is 1. The Bertz CT molecular complexity index is 1200. The highest BCUT2D eigenvalue weighted by molar-refractivity contribution is 5.93. The zero-order chi connectivity index (χ0) is 20.6. The first kappa shape index (κ1) is 18.5. The third-order valence-electron chi connectivity index (χ3n) is 4.19. The average molecular weight is 402 g/mol. The second kappa shape index (κ2) is 6.97. The van der Waals surface area contributed by atoms with Gasteiger partial charge in [0.15, 0.2) is 5.65 Å². The van der Waals surface area contributed by atoms with E-state index in [1.54, 1.807) is 36.3 Å². The van der Waals surface area contributed by atoms with Crippen molar-refractivity contribution in [1.82, 2.24) is 19.5 Å². The number of benzene rings is 1. The molecule has 1 aromatic carbocycles. The monoisotopic (exact) mass is 402 g/mol. The van der Waals surface area contributed by atoms with E-state index in [4.69, 9.17) is 4.74 Å². The zero-order valence-electron chi connectivity index (χ0n) is 14.9. The predicted molar refractivity (Wildman–Crippen MR) is 96.5 cm³/mol. The van der Waals surface area contributed by atoms with Gasteiger partial charge < -0.3 is 9.57 Å². The van der Waals surface area contributed by atoms with Crippen molar-refractivity contribution in [2.24, 2.45) is 0 Å². The Morgan fingerprint density at radius 3 is 2.69 bits per heavy atom. The number of aromatic nitrogens is 4. The van der Waals surface area contributed by atoms with Crippen LogP contribution in [0, 0.1) is 0 Å². The summed E-state index contributed by atoms with van der Waals surface area (Å²) in [7, 11) is 1.56. The molecule has 10 heteroatoms. The summed E-state index contributed by atoms with van der Waals surface area (Å²) in [5.41, 5.74) is 2.16. The summed E-state index contributed by atoms with van der Waals surface area (Å²) in [4.78, 5) is 19.5. The fourth-order valence-electron chi connectivity index (χ4n) is 2.89. The second-order valence-electron chi connectivity index (χ2n) is 5.96. The van der Waals surface area contributed by atoms with Gasteiger partial charge >= 0.3 is 12.1 Å². The van der Waals surface area contributed by atoms with Gasteiger partial charge in [-0.1, -0.05) is 12.1 Å². The summed E-state index contributed by atoms with van der Waals surface area (Å²) in [6.45, 7) is 0. The lowest BCUT2D eigenvalue weighted by atomic mass is 10.1. The first-order valence-electron chi connectivity index (χ1n) is 8.32. The summed E-state index contributed by atoms with van der Waals surface area (Å²) in [6.07, 6.45) is 0.877. The Balaban J connectivity index is 1.73. The number of methoxy groups -OCH3 is 1. The zero-order valence-corrected chi connectivity index (χ0v) is 14.9. The van der Waals surface area contributed by atoms with Gasteiger partial charge in [0.25, 0.3) is 0 Å². The fourth-order valence-corrected chi connectivity index (χ4v) is 2.89. The highest BCUT2D eigenvalue weighted by Gasteiger charge is 2.42. The first-order chi connectivity index (χ1) is 13.9. The van der Waals surface area contributed by atoms with Crippen molar-refractivity contribution in [1.29, 1.82) is 0 Å². The largest absolute Gasteiger partial charge is 0.494 e. The molecule has 0 atom stereocenters.